The molecule has 26 heavy (non-hydrogen) atoms. The highest BCUT2D eigenvalue weighted by Gasteiger charge is 2.14. The number of hydrogen-bond donors (Lipinski definition) is 3. The molecule has 7 nitrogen and oxygen atoms in total. The number of H-pyrrole nitrogens is 1. The lowest BCUT2D eigenvalue weighted by Crippen LogP contribution is -2.14. The van der Waals surface area contributed by atoms with Gasteiger partial charge < -0.3 is 11.1 Å². The van der Waals surface area contributed by atoms with Gasteiger partial charge in [0.1, 0.15) is 0 Å². The number of carbonyl (C=O) groups is 2. The molecule has 0 aliphatic carbocycles. The summed E-state index contributed by atoms with van der Waals surface area (Å²) in [5.41, 5.74) is 8.64. The molecule has 4 aromatic rings. The Morgan fingerprint density at radius 2 is 1.92 bits per heavy atom. The topological polar surface area (TPSA) is 114 Å². The van der Waals surface area contributed by atoms with E-state index >= 15 is 0 Å². The summed E-state index contributed by atoms with van der Waals surface area (Å²) >= 11 is 0. The fourth-order valence-electron chi connectivity index (χ4n) is 2.92. The van der Waals surface area contributed by atoms with Crippen molar-refractivity contribution in [2.75, 3.05) is 5.32 Å². The van der Waals surface area contributed by atoms with Crippen LogP contribution in [0.2, 0.25) is 0 Å². The second-order valence-corrected chi connectivity index (χ2v) is 5.96. The summed E-state index contributed by atoms with van der Waals surface area (Å²) in [7, 11) is 0. The maximum Gasteiger partial charge on any atom is 0.269 e. The van der Waals surface area contributed by atoms with Crippen LogP contribution in [0.15, 0.2) is 48.5 Å². The van der Waals surface area contributed by atoms with E-state index in [1.54, 1.807) is 25.1 Å². The van der Waals surface area contributed by atoms with Gasteiger partial charge in [0.2, 0.25) is 0 Å². The van der Waals surface area contributed by atoms with E-state index in [1.807, 2.05) is 30.3 Å². The summed E-state index contributed by atoms with van der Waals surface area (Å²) in [6, 6.07) is 14.6. The number of primary amides is 1. The zero-order valence-electron chi connectivity index (χ0n) is 13.9. The molecule has 7 heteroatoms. The SMILES string of the molecule is Cc1nc2ccccc2cc1C(=O)Nc1ccc2[nH]nc(C(N)=O)c2c1. The second kappa shape index (κ2) is 5.96. The fourth-order valence-corrected chi connectivity index (χ4v) is 2.92. The van der Waals surface area contributed by atoms with Crippen LogP contribution in [0.3, 0.4) is 0 Å². The lowest BCUT2D eigenvalue weighted by Gasteiger charge is -2.09. The van der Waals surface area contributed by atoms with Gasteiger partial charge in [-0.15, -0.1) is 0 Å². The predicted octanol–water partition coefficient (Wildman–Crippen LogP) is 2.77. The van der Waals surface area contributed by atoms with Gasteiger partial charge in [-0.2, -0.15) is 5.10 Å². The molecule has 2 aromatic carbocycles. The Labute approximate surface area is 148 Å². The van der Waals surface area contributed by atoms with Gasteiger partial charge in [-0.25, -0.2) is 0 Å². The summed E-state index contributed by atoms with van der Waals surface area (Å²) in [6.07, 6.45) is 0. The molecule has 0 bridgehead atoms. The Bertz CT molecular complexity index is 1180. The number of aromatic amines is 1. The van der Waals surface area contributed by atoms with Crippen LogP contribution in [0, 0.1) is 6.92 Å². The quantitative estimate of drug-likeness (QED) is 0.530. The number of nitrogens with one attached hydrogen (secondary N) is 2. The van der Waals surface area contributed by atoms with E-state index in [9.17, 15) is 9.59 Å². The minimum absolute atomic E-state index is 0.139. The number of benzene rings is 2. The van der Waals surface area contributed by atoms with Crippen LogP contribution in [0.25, 0.3) is 21.8 Å². The van der Waals surface area contributed by atoms with E-state index in [2.05, 4.69) is 20.5 Å². The zero-order valence-corrected chi connectivity index (χ0v) is 13.9. The van der Waals surface area contributed by atoms with Crippen molar-refractivity contribution >= 4 is 39.3 Å². The van der Waals surface area contributed by atoms with E-state index in [0.717, 1.165) is 10.9 Å². The third-order valence-electron chi connectivity index (χ3n) is 4.21. The molecule has 0 fully saturated rings. The summed E-state index contributed by atoms with van der Waals surface area (Å²) in [4.78, 5) is 28.6. The Hall–Kier alpha value is -3.74. The number of fused-ring (bicyclic) bond motifs is 2. The first-order chi connectivity index (χ1) is 12.5. The molecule has 0 aliphatic rings. The number of carbonyl (C=O) groups excluding carboxylic acids is 2. The van der Waals surface area contributed by atoms with Gasteiger partial charge in [0.15, 0.2) is 5.69 Å². The molecule has 0 saturated carbocycles. The normalized spacial score (nSPS) is 11.0. The first-order valence-electron chi connectivity index (χ1n) is 7.98. The summed E-state index contributed by atoms with van der Waals surface area (Å²) in [5.74, 6) is -0.904. The Morgan fingerprint density at radius 3 is 2.73 bits per heavy atom. The van der Waals surface area contributed by atoms with Crippen LogP contribution < -0.4 is 11.1 Å². The average molecular weight is 345 g/mol. The molecule has 0 atom stereocenters. The van der Waals surface area contributed by atoms with Crippen molar-refractivity contribution in [2.45, 2.75) is 6.92 Å². The largest absolute Gasteiger partial charge is 0.364 e. The number of nitrogens with zero attached hydrogens (tertiary/aromatic N) is 2. The van der Waals surface area contributed by atoms with Gasteiger partial charge in [0, 0.05) is 16.5 Å². The number of aryl methyl sites for hydroxylation is 1. The number of pyridine rings is 1. The molecule has 128 valence electrons. The molecule has 2 amide bonds. The highest BCUT2D eigenvalue weighted by molar-refractivity contribution is 6.09. The number of anilines is 1. The van der Waals surface area contributed by atoms with E-state index in [1.165, 1.54) is 0 Å². The van der Waals surface area contributed by atoms with Gasteiger partial charge >= 0.3 is 0 Å². The number of amides is 2. The van der Waals surface area contributed by atoms with Crippen LogP contribution in [0.5, 0.6) is 0 Å². The van der Waals surface area contributed by atoms with Crippen LogP contribution in [0.4, 0.5) is 5.69 Å². The molecule has 2 heterocycles. The van der Waals surface area contributed by atoms with Crippen molar-refractivity contribution in [2.24, 2.45) is 5.73 Å². The third kappa shape index (κ3) is 2.65. The molecule has 0 radical (unpaired) electrons. The Morgan fingerprint density at radius 1 is 1.12 bits per heavy atom. The molecule has 0 saturated heterocycles. The van der Waals surface area contributed by atoms with E-state index in [-0.39, 0.29) is 11.6 Å². The number of rotatable bonds is 3. The fraction of sp³-hybridized carbons (Fsp3) is 0.0526. The number of aromatic nitrogens is 3. The van der Waals surface area contributed by atoms with Gasteiger partial charge in [-0.3, -0.25) is 19.7 Å². The molecule has 0 aliphatic heterocycles. The van der Waals surface area contributed by atoms with Crippen molar-refractivity contribution in [3.05, 3.63) is 65.5 Å². The Kier molecular flexibility index (Phi) is 3.62. The second-order valence-electron chi connectivity index (χ2n) is 5.96. The molecular formula is C19H15N5O2. The van der Waals surface area contributed by atoms with Gasteiger partial charge in [-0.05, 0) is 37.3 Å². The van der Waals surface area contributed by atoms with Crippen LogP contribution in [-0.4, -0.2) is 27.0 Å². The molecular weight excluding hydrogens is 330 g/mol. The van der Waals surface area contributed by atoms with Crippen molar-refractivity contribution in [3.8, 4) is 0 Å². The monoisotopic (exact) mass is 345 g/mol. The van der Waals surface area contributed by atoms with Gasteiger partial charge in [0.25, 0.3) is 11.8 Å². The average Bonchev–Trinajstić information content (AvgIpc) is 3.04. The van der Waals surface area contributed by atoms with Crippen molar-refractivity contribution in [1.82, 2.24) is 15.2 Å². The van der Waals surface area contributed by atoms with Crippen molar-refractivity contribution < 1.29 is 9.59 Å². The molecule has 4 N–H and O–H groups in total. The highest BCUT2D eigenvalue weighted by atomic mass is 16.2. The highest BCUT2D eigenvalue weighted by Crippen LogP contribution is 2.22. The van der Waals surface area contributed by atoms with Gasteiger partial charge in [-0.1, -0.05) is 18.2 Å². The molecule has 4 rings (SSSR count). The van der Waals surface area contributed by atoms with Crippen molar-refractivity contribution in [3.63, 3.8) is 0 Å². The first kappa shape index (κ1) is 15.8. The number of nitrogens with two attached hydrogens (primary N) is 1. The summed E-state index contributed by atoms with van der Waals surface area (Å²) in [5, 5.41) is 10.9. The van der Waals surface area contributed by atoms with Crippen LogP contribution >= 0.6 is 0 Å². The molecule has 2 aromatic heterocycles. The maximum atomic E-state index is 12.7. The first-order valence-corrected chi connectivity index (χ1v) is 7.98. The molecule has 0 unspecified atom stereocenters. The Balaban J connectivity index is 1.70. The van der Waals surface area contributed by atoms with Crippen LogP contribution in [0.1, 0.15) is 26.5 Å². The number of para-hydroxylation sites is 1. The number of hydrogen-bond acceptors (Lipinski definition) is 4. The standard InChI is InChI=1S/C19H15N5O2/c1-10-13(8-11-4-2-3-5-15(11)21-10)19(26)22-12-6-7-16-14(9-12)17(18(20)25)24-23-16/h2-9H,1H3,(H2,20,25)(H,22,26)(H,23,24). The van der Waals surface area contributed by atoms with Gasteiger partial charge in [0.05, 0.1) is 22.3 Å². The third-order valence-corrected chi connectivity index (χ3v) is 4.21. The summed E-state index contributed by atoms with van der Waals surface area (Å²) in [6.45, 7) is 1.80. The zero-order chi connectivity index (χ0) is 18.3. The molecule has 0 spiro atoms. The predicted molar refractivity (Wildman–Crippen MR) is 99.0 cm³/mol. The minimum atomic E-state index is -0.630. The lowest BCUT2D eigenvalue weighted by atomic mass is 10.1. The summed E-state index contributed by atoms with van der Waals surface area (Å²) < 4.78 is 0. The maximum absolute atomic E-state index is 12.7. The van der Waals surface area contributed by atoms with E-state index < -0.39 is 5.91 Å². The van der Waals surface area contributed by atoms with Crippen molar-refractivity contribution in [1.29, 1.82) is 0 Å². The lowest BCUT2D eigenvalue weighted by molar-refractivity contribution is 0.0994. The van der Waals surface area contributed by atoms with Crippen LogP contribution in [-0.2, 0) is 0 Å². The smallest absolute Gasteiger partial charge is 0.269 e. The van der Waals surface area contributed by atoms with E-state index in [0.29, 0.717) is 27.8 Å². The minimum Gasteiger partial charge on any atom is -0.364 e. The van der Waals surface area contributed by atoms with E-state index in [4.69, 9.17) is 5.73 Å².